The van der Waals surface area contributed by atoms with Gasteiger partial charge in [0, 0.05) is 23.3 Å². The average Bonchev–Trinajstić information content (AvgIpc) is 3.00. The third-order valence-corrected chi connectivity index (χ3v) is 5.13. The van der Waals surface area contributed by atoms with Crippen molar-refractivity contribution in [3.63, 3.8) is 0 Å². The number of benzene rings is 2. The Labute approximate surface area is 113 Å². The number of aromatic nitrogens is 1. The molecule has 2 heterocycles. The summed E-state index contributed by atoms with van der Waals surface area (Å²) < 4.78 is 8.39. The predicted octanol–water partition coefficient (Wildman–Crippen LogP) is 4.03. The Morgan fingerprint density at radius 3 is 2.26 bits per heavy atom. The van der Waals surface area contributed by atoms with E-state index in [9.17, 15) is 0 Å². The average molecular weight is 265 g/mol. The van der Waals surface area contributed by atoms with E-state index in [1.807, 2.05) is 24.3 Å². The van der Waals surface area contributed by atoms with Gasteiger partial charge in [-0.15, -0.1) is 0 Å². The molecular formula is C16H12NOP. The molecule has 1 atom stereocenters. The standard InChI is InChI=1S/C16H12NOP/c1-3-9-15-13(7-1)14-8-2-4-10-16(14)19(18-15)17-11-5-6-12-17/h1-12H. The van der Waals surface area contributed by atoms with Crippen LogP contribution >= 0.6 is 8.30 Å². The molecule has 0 saturated carbocycles. The van der Waals surface area contributed by atoms with Crippen LogP contribution in [0.25, 0.3) is 11.1 Å². The summed E-state index contributed by atoms with van der Waals surface area (Å²) in [5.74, 6) is 0.973. The first-order valence-electron chi connectivity index (χ1n) is 6.23. The summed E-state index contributed by atoms with van der Waals surface area (Å²) in [6, 6.07) is 20.8. The second kappa shape index (κ2) is 4.25. The second-order valence-electron chi connectivity index (χ2n) is 4.44. The molecule has 0 N–H and O–H groups in total. The van der Waals surface area contributed by atoms with Crippen LogP contribution in [0.4, 0.5) is 0 Å². The predicted molar refractivity (Wildman–Crippen MR) is 78.9 cm³/mol. The molecule has 1 aromatic heterocycles. The van der Waals surface area contributed by atoms with Crippen LogP contribution < -0.4 is 9.83 Å². The summed E-state index contributed by atoms with van der Waals surface area (Å²) in [5, 5.41) is 1.27. The Bertz CT molecular complexity index is 721. The van der Waals surface area contributed by atoms with E-state index in [0.717, 1.165) is 5.75 Å². The van der Waals surface area contributed by atoms with Gasteiger partial charge in [-0.25, -0.2) is 0 Å². The van der Waals surface area contributed by atoms with E-state index in [2.05, 4.69) is 53.1 Å². The van der Waals surface area contributed by atoms with Crippen molar-refractivity contribution in [3.8, 4) is 16.9 Å². The van der Waals surface area contributed by atoms with Crippen LogP contribution in [0.15, 0.2) is 73.1 Å². The molecule has 1 aliphatic heterocycles. The van der Waals surface area contributed by atoms with E-state index in [1.54, 1.807) is 0 Å². The smallest absolute Gasteiger partial charge is 0.229 e. The highest BCUT2D eigenvalue weighted by atomic mass is 31.2. The number of rotatable bonds is 1. The van der Waals surface area contributed by atoms with Crippen LogP contribution in [-0.4, -0.2) is 4.34 Å². The molecule has 3 aromatic rings. The summed E-state index contributed by atoms with van der Waals surface area (Å²) in [6.45, 7) is 0. The van der Waals surface area contributed by atoms with E-state index in [-0.39, 0.29) is 0 Å². The number of fused-ring (bicyclic) bond motifs is 3. The molecule has 2 aromatic carbocycles. The SMILES string of the molecule is c1ccc2c(c1)OP(n1cccc1)c1ccccc1-2. The Hall–Kier alpha value is -2.05. The maximum atomic E-state index is 6.23. The molecule has 0 spiro atoms. The molecule has 1 unspecified atom stereocenters. The van der Waals surface area contributed by atoms with Crippen LogP contribution in [0, 0.1) is 0 Å². The Morgan fingerprint density at radius 1 is 0.737 bits per heavy atom. The van der Waals surface area contributed by atoms with Gasteiger partial charge in [0.05, 0.1) is 0 Å². The quantitative estimate of drug-likeness (QED) is 0.606. The van der Waals surface area contributed by atoms with Crippen LogP contribution in [-0.2, 0) is 0 Å². The highest BCUT2D eigenvalue weighted by molar-refractivity contribution is 7.60. The van der Waals surface area contributed by atoms with Crippen LogP contribution in [0.3, 0.4) is 0 Å². The van der Waals surface area contributed by atoms with E-state index in [4.69, 9.17) is 4.52 Å². The third kappa shape index (κ3) is 1.68. The monoisotopic (exact) mass is 265 g/mol. The largest absolute Gasteiger partial charge is 0.448 e. The molecule has 0 bridgehead atoms. The van der Waals surface area contributed by atoms with Gasteiger partial charge < -0.3 is 4.52 Å². The van der Waals surface area contributed by atoms with E-state index >= 15 is 0 Å². The van der Waals surface area contributed by atoms with Crippen molar-refractivity contribution in [3.05, 3.63) is 73.1 Å². The molecule has 0 saturated heterocycles. The minimum atomic E-state index is -0.816. The highest BCUT2D eigenvalue weighted by Crippen LogP contribution is 2.49. The molecule has 0 amide bonds. The van der Waals surface area contributed by atoms with Gasteiger partial charge >= 0.3 is 0 Å². The van der Waals surface area contributed by atoms with Gasteiger partial charge in [0.1, 0.15) is 5.75 Å². The maximum absolute atomic E-state index is 6.23. The molecule has 19 heavy (non-hydrogen) atoms. The lowest BCUT2D eigenvalue weighted by atomic mass is 10.0. The topological polar surface area (TPSA) is 14.2 Å². The maximum Gasteiger partial charge on any atom is 0.229 e. The number of hydrogen-bond acceptors (Lipinski definition) is 1. The minimum absolute atomic E-state index is 0.816. The first-order chi connectivity index (χ1) is 9.43. The molecule has 0 fully saturated rings. The number of hydrogen-bond donors (Lipinski definition) is 0. The van der Waals surface area contributed by atoms with Crippen molar-refractivity contribution in [2.75, 3.05) is 0 Å². The van der Waals surface area contributed by atoms with Crippen molar-refractivity contribution in [2.24, 2.45) is 0 Å². The lowest BCUT2D eigenvalue weighted by molar-refractivity contribution is 0.611. The molecular weight excluding hydrogens is 253 g/mol. The van der Waals surface area contributed by atoms with Crippen molar-refractivity contribution in [1.29, 1.82) is 0 Å². The first-order valence-corrected chi connectivity index (χ1v) is 7.44. The fourth-order valence-corrected chi connectivity index (χ4v) is 4.20. The molecule has 2 nitrogen and oxygen atoms in total. The molecule has 1 aliphatic rings. The van der Waals surface area contributed by atoms with E-state index in [1.165, 1.54) is 16.4 Å². The van der Waals surface area contributed by atoms with Crippen molar-refractivity contribution in [1.82, 2.24) is 4.34 Å². The van der Waals surface area contributed by atoms with Crippen LogP contribution in [0.5, 0.6) is 5.75 Å². The van der Waals surface area contributed by atoms with Gasteiger partial charge in [-0.2, -0.15) is 0 Å². The Kier molecular flexibility index (Phi) is 2.43. The Morgan fingerprint density at radius 2 is 1.42 bits per heavy atom. The minimum Gasteiger partial charge on any atom is -0.448 e. The number of nitrogens with zero attached hydrogens (tertiary/aromatic N) is 1. The normalized spacial score (nSPS) is 16.3. The van der Waals surface area contributed by atoms with E-state index in [0.29, 0.717) is 0 Å². The second-order valence-corrected chi connectivity index (χ2v) is 6.11. The van der Waals surface area contributed by atoms with Crippen LogP contribution in [0.1, 0.15) is 0 Å². The first kappa shape index (κ1) is 10.8. The van der Waals surface area contributed by atoms with Crippen molar-refractivity contribution < 1.29 is 4.52 Å². The fraction of sp³-hybridized carbons (Fsp3) is 0. The fourth-order valence-electron chi connectivity index (χ4n) is 2.40. The van der Waals surface area contributed by atoms with Gasteiger partial charge in [0.15, 0.2) is 0 Å². The van der Waals surface area contributed by atoms with E-state index < -0.39 is 8.30 Å². The summed E-state index contributed by atoms with van der Waals surface area (Å²) in [4.78, 5) is 0. The summed E-state index contributed by atoms with van der Waals surface area (Å²) >= 11 is 0. The van der Waals surface area contributed by atoms with Gasteiger partial charge in [-0.05, 0) is 29.8 Å². The molecule has 92 valence electrons. The summed E-state index contributed by atoms with van der Waals surface area (Å²) in [5.41, 5.74) is 2.47. The summed E-state index contributed by atoms with van der Waals surface area (Å²) in [7, 11) is -0.816. The van der Waals surface area contributed by atoms with Crippen molar-refractivity contribution >= 4 is 13.6 Å². The lowest BCUT2D eigenvalue weighted by Gasteiger charge is -2.28. The zero-order valence-electron chi connectivity index (χ0n) is 10.2. The van der Waals surface area contributed by atoms with Gasteiger partial charge in [-0.3, -0.25) is 4.34 Å². The van der Waals surface area contributed by atoms with Crippen molar-refractivity contribution in [2.45, 2.75) is 0 Å². The van der Waals surface area contributed by atoms with Gasteiger partial charge in [0.2, 0.25) is 8.30 Å². The highest BCUT2D eigenvalue weighted by Gasteiger charge is 2.27. The third-order valence-electron chi connectivity index (χ3n) is 3.27. The lowest BCUT2D eigenvalue weighted by Crippen LogP contribution is -2.17. The molecule has 4 rings (SSSR count). The molecule has 3 heteroatoms. The van der Waals surface area contributed by atoms with Crippen LogP contribution in [0.2, 0.25) is 0 Å². The zero-order valence-corrected chi connectivity index (χ0v) is 11.1. The Balaban J connectivity index is 1.95. The zero-order chi connectivity index (χ0) is 12.7. The number of para-hydroxylation sites is 1. The molecule has 0 aliphatic carbocycles. The van der Waals surface area contributed by atoms with Gasteiger partial charge in [-0.1, -0.05) is 36.4 Å². The molecule has 0 radical (unpaired) electrons. The van der Waals surface area contributed by atoms with Gasteiger partial charge in [0.25, 0.3) is 0 Å². The summed E-state index contributed by atoms with van der Waals surface area (Å²) in [6.07, 6.45) is 4.13.